The van der Waals surface area contributed by atoms with E-state index in [-0.39, 0.29) is 0 Å². The Labute approximate surface area is 70.4 Å². The van der Waals surface area contributed by atoms with Gasteiger partial charge in [-0.1, -0.05) is 34.3 Å². The molecule has 0 aliphatic heterocycles. The molecule has 0 heterocycles. The standard InChI is InChI=1S/C10H20O/c1-6-9(4)10(5)11-7-8(2)3/h8-9H,5-7H2,1-4H3. The topological polar surface area (TPSA) is 9.23 Å². The highest BCUT2D eigenvalue weighted by Crippen LogP contribution is 2.13. The zero-order chi connectivity index (χ0) is 8.85. The predicted molar refractivity (Wildman–Crippen MR) is 49.4 cm³/mol. The quantitative estimate of drug-likeness (QED) is 0.555. The summed E-state index contributed by atoms with van der Waals surface area (Å²) in [6.45, 7) is 13.2. The lowest BCUT2D eigenvalue weighted by molar-refractivity contribution is 0.153. The summed E-state index contributed by atoms with van der Waals surface area (Å²) >= 11 is 0. The van der Waals surface area contributed by atoms with Crippen LogP contribution in [0.4, 0.5) is 0 Å². The first-order valence-electron chi connectivity index (χ1n) is 4.39. The van der Waals surface area contributed by atoms with Crippen LogP contribution in [0.15, 0.2) is 12.3 Å². The Kier molecular flexibility index (Phi) is 5.01. The van der Waals surface area contributed by atoms with E-state index in [2.05, 4.69) is 34.3 Å². The van der Waals surface area contributed by atoms with E-state index in [1.807, 2.05) is 0 Å². The summed E-state index contributed by atoms with van der Waals surface area (Å²) in [6.07, 6.45) is 1.11. The second-order valence-electron chi connectivity index (χ2n) is 3.48. The first-order valence-corrected chi connectivity index (χ1v) is 4.39. The van der Waals surface area contributed by atoms with Crippen LogP contribution in [0.25, 0.3) is 0 Å². The minimum Gasteiger partial charge on any atom is -0.498 e. The minimum absolute atomic E-state index is 0.494. The molecule has 66 valence electrons. The summed E-state index contributed by atoms with van der Waals surface area (Å²) in [5.41, 5.74) is 0. The Balaban J connectivity index is 3.52. The van der Waals surface area contributed by atoms with Gasteiger partial charge in [0.15, 0.2) is 0 Å². The molecule has 0 aliphatic carbocycles. The minimum atomic E-state index is 0.494. The molecule has 0 aliphatic rings. The molecule has 0 spiro atoms. The van der Waals surface area contributed by atoms with Gasteiger partial charge in [-0.2, -0.15) is 0 Å². The van der Waals surface area contributed by atoms with Gasteiger partial charge < -0.3 is 4.74 Å². The van der Waals surface area contributed by atoms with E-state index in [1.54, 1.807) is 0 Å². The van der Waals surface area contributed by atoms with Crippen molar-refractivity contribution in [2.45, 2.75) is 34.1 Å². The maximum atomic E-state index is 5.46. The average Bonchev–Trinajstić information content (AvgIpc) is 1.98. The van der Waals surface area contributed by atoms with Gasteiger partial charge in [0.05, 0.1) is 12.4 Å². The van der Waals surface area contributed by atoms with Crippen molar-refractivity contribution < 1.29 is 4.74 Å². The third kappa shape index (κ3) is 4.88. The van der Waals surface area contributed by atoms with Gasteiger partial charge in [-0.05, 0) is 12.3 Å². The molecular weight excluding hydrogens is 136 g/mol. The van der Waals surface area contributed by atoms with E-state index >= 15 is 0 Å². The lowest BCUT2D eigenvalue weighted by atomic mass is 10.1. The maximum Gasteiger partial charge on any atom is 0.0916 e. The third-order valence-corrected chi connectivity index (χ3v) is 1.76. The van der Waals surface area contributed by atoms with Gasteiger partial charge in [0.2, 0.25) is 0 Å². The molecule has 1 atom stereocenters. The first-order chi connectivity index (χ1) is 5.07. The van der Waals surface area contributed by atoms with Crippen molar-refractivity contribution >= 4 is 0 Å². The summed E-state index contributed by atoms with van der Waals surface area (Å²) in [7, 11) is 0. The number of hydrogen-bond donors (Lipinski definition) is 0. The van der Waals surface area contributed by atoms with E-state index in [1.165, 1.54) is 0 Å². The summed E-state index contributed by atoms with van der Waals surface area (Å²) in [6, 6.07) is 0. The largest absolute Gasteiger partial charge is 0.498 e. The Morgan fingerprint density at radius 3 is 2.27 bits per heavy atom. The van der Waals surface area contributed by atoms with Crippen molar-refractivity contribution in [1.29, 1.82) is 0 Å². The molecule has 11 heavy (non-hydrogen) atoms. The summed E-state index contributed by atoms with van der Waals surface area (Å²) in [5.74, 6) is 2.02. The monoisotopic (exact) mass is 156 g/mol. The van der Waals surface area contributed by atoms with Crippen LogP contribution in [0.1, 0.15) is 34.1 Å². The third-order valence-electron chi connectivity index (χ3n) is 1.76. The SMILES string of the molecule is C=C(OCC(C)C)C(C)CC. The van der Waals surface area contributed by atoms with Gasteiger partial charge in [-0.15, -0.1) is 0 Å². The van der Waals surface area contributed by atoms with Crippen LogP contribution in [0.5, 0.6) is 0 Å². The van der Waals surface area contributed by atoms with Crippen LogP contribution >= 0.6 is 0 Å². The molecule has 0 bridgehead atoms. The zero-order valence-electron chi connectivity index (χ0n) is 8.18. The summed E-state index contributed by atoms with van der Waals surface area (Å²) in [5, 5.41) is 0. The highest BCUT2D eigenvalue weighted by Gasteiger charge is 2.05. The lowest BCUT2D eigenvalue weighted by Crippen LogP contribution is -2.06. The Morgan fingerprint density at radius 1 is 1.36 bits per heavy atom. The fourth-order valence-electron chi connectivity index (χ4n) is 0.644. The molecule has 0 aromatic heterocycles. The van der Waals surface area contributed by atoms with Crippen molar-refractivity contribution in [3.05, 3.63) is 12.3 Å². The molecule has 1 heteroatoms. The van der Waals surface area contributed by atoms with Crippen molar-refractivity contribution in [1.82, 2.24) is 0 Å². The Morgan fingerprint density at radius 2 is 1.91 bits per heavy atom. The van der Waals surface area contributed by atoms with Crippen molar-refractivity contribution in [3.63, 3.8) is 0 Å². The molecule has 0 radical (unpaired) electrons. The molecule has 0 amide bonds. The van der Waals surface area contributed by atoms with E-state index in [0.29, 0.717) is 11.8 Å². The van der Waals surface area contributed by atoms with Crippen molar-refractivity contribution in [2.75, 3.05) is 6.61 Å². The fraction of sp³-hybridized carbons (Fsp3) is 0.800. The van der Waals surface area contributed by atoms with Gasteiger partial charge in [0.1, 0.15) is 0 Å². The molecule has 0 N–H and O–H groups in total. The molecule has 0 aromatic rings. The Hall–Kier alpha value is -0.460. The van der Waals surface area contributed by atoms with Crippen LogP contribution in [-0.4, -0.2) is 6.61 Å². The second-order valence-corrected chi connectivity index (χ2v) is 3.48. The van der Waals surface area contributed by atoms with Gasteiger partial charge in [-0.3, -0.25) is 0 Å². The van der Waals surface area contributed by atoms with Crippen LogP contribution in [0.3, 0.4) is 0 Å². The van der Waals surface area contributed by atoms with E-state index in [4.69, 9.17) is 4.74 Å². The molecule has 0 fully saturated rings. The molecule has 0 rings (SSSR count). The van der Waals surface area contributed by atoms with E-state index in [9.17, 15) is 0 Å². The highest BCUT2D eigenvalue weighted by molar-refractivity contribution is 4.87. The van der Waals surface area contributed by atoms with Gasteiger partial charge >= 0.3 is 0 Å². The molecular formula is C10H20O. The summed E-state index contributed by atoms with van der Waals surface area (Å²) in [4.78, 5) is 0. The van der Waals surface area contributed by atoms with Crippen LogP contribution in [0.2, 0.25) is 0 Å². The smallest absolute Gasteiger partial charge is 0.0916 e. The van der Waals surface area contributed by atoms with Crippen molar-refractivity contribution in [2.24, 2.45) is 11.8 Å². The molecule has 1 nitrogen and oxygen atoms in total. The number of ether oxygens (including phenoxy) is 1. The van der Waals surface area contributed by atoms with Gasteiger partial charge in [0.25, 0.3) is 0 Å². The molecule has 0 aromatic carbocycles. The predicted octanol–water partition coefficient (Wildman–Crippen LogP) is 3.22. The molecule has 1 unspecified atom stereocenters. The van der Waals surface area contributed by atoms with Crippen LogP contribution in [0, 0.1) is 11.8 Å². The average molecular weight is 156 g/mol. The van der Waals surface area contributed by atoms with Gasteiger partial charge in [0, 0.05) is 5.92 Å². The zero-order valence-corrected chi connectivity index (χ0v) is 8.18. The van der Waals surface area contributed by atoms with Gasteiger partial charge in [-0.25, -0.2) is 0 Å². The number of allylic oxidation sites excluding steroid dienone is 1. The fourth-order valence-corrected chi connectivity index (χ4v) is 0.644. The number of rotatable bonds is 5. The Bertz CT molecular complexity index is 116. The second kappa shape index (κ2) is 5.22. The lowest BCUT2D eigenvalue weighted by Gasteiger charge is -2.15. The van der Waals surface area contributed by atoms with Crippen molar-refractivity contribution in [3.8, 4) is 0 Å². The highest BCUT2D eigenvalue weighted by atomic mass is 16.5. The van der Waals surface area contributed by atoms with E-state index < -0.39 is 0 Å². The molecule has 0 saturated heterocycles. The maximum absolute atomic E-state index is 5.46. The molecule has 0 saturated carbocycles. The number of hydrogen-bond acceptors (Lipinski definition) is 1. The first kappa shape index (κ1) is 10.5. The van der Waals surface area contributed by atoms with Crippen LogP contribution < -0.4 is 0 Å². The summed E-state index contributed by atoms with van der Waals surface area (Å²) < 4.78 is 5.46. The normalized spacial score (nSPS) is 13.2. The van der Waals surface area contributed by atoms with E-state index in [0.717, 1.165) is 18.8 Å². The van der Waals surface area contributed by atoms with Crippen LogP contribution in [-0.2, 0) is 4.74 Å².